The van der Waals surface area contributed by atoms with Crippen LogP contribution in [0.1, 0.15) is 6.92 Å². The van der Waals surface area contributed by atoms with Crippen molar-refractivity contribution in [3.8, 4) is 0 Å². The fourth-order valence-corrected chi connectivity index (χ4v) is 1.41. The molecule has 0 aromatic rings. The molecule has 0 unspecified atom stereocenters. The molecule has 0 spiro atoms. The van der Waals surface area contributed by atoms with Gasteiger partial charge in [-0.3, -0.25) is 9.31 Å². The molecule has 1 N–H and O–H groups in total. The van der Waals surface area contributed by atoms with Crippen LogP contribution in [0.3, 0.4) is 0 Å². The highest BCUT2D eigenvalue weighted by Crippen LogP contribution is 2.06. The third-order valence-corrected chi connectivity index (χ3v) is 2.18. The van der Waals surface area contributed by atoms with Crippen LogP contribution < -0.4 is 0 Å². The van der Waals surface area contributed by atoms with Crippen molar-refractivity contribution in [3.05, 3.63) is 0 Å². The van der Waals surface area contributed by atoms with E-state index in [0.717, 1.165) is 37.7 Å². The Kier molecular flexibility index (Phi) is 9.12. The average molecular weight is 223 g/mol. The van der Waals surface area contributed by atoms with Gasteiger partial charge in [-0.15, -0.1) is 0 Å². The molecule has 14 heavy (non-hydrogen) atoms. The molecule has 0 aliphatic carbocycles. The maximum absolute atomic E-state index is 10.8. The molecule has 1 aliphatic rings. The smallest absolute Gasteiger partial charge is 0.481 e. The number of ether oxygens (including phenoxy) is 1. The van der Waals surface area contributed by atoms with E-state index in [1.807, 2.05) is 18.7 Å². The summed E-state index contributed by atoms with van der Waals surface area (Å²) in [6.07, 6.45) is 0. The van der Waals surface area contributed by atoms with Crippen LogP contribution in [-0.2, 0) is 9.39 Å². The Labute approximate surface area is 88.1 Å². The lowest BCUT2D eigenvalue weighted by Crippen LogP contribution is -2.13. The van der Waals surface area contributed by atoms with Crippen molar-refractivity contribution in [2.75, 3.05) is 31.8 Å². The van der Waals surface area contributed by atoms with Crippen LogP contribution in [0.15, 0.2) is 4.99 Å². The largest absolute Gasteiger partial charge is 0.677 e. The van der Waals surface area contributed by atoms with Crippen molar-refractivity contribution in [1.29, 1.82) is 0 Å². The normalized spacial score (nSPS) is 15.0. The number of halogens is 1. The fourth-order valence-electron chi connectivity index (χ4n) is 0.694. The molecule has 82 valence electrons. The molecular weight excluding hydrogens is 208 g/mol. The van der Waals surface area contributed by atoms with Crippen LogP contribution >= 0.6 is 11.8 Å². The summed E-state index contributed by atoms with van der Waals surface area (Å²) in [5.74, 6) is 3.04. The van der Waals surface area contributed by atoms with Crippen molar-refractivity contribution < 1.29 is 18.7 Å². The van der Waals surface area contributed by atoms with Gasteiger partial charge >= 0.3 is 7.40 Å². The zero-order chi connectivity index (χ0) is 10.8. The van der Waals surface area contributed by atoms with Gasteiger partial charge in [0.1, 0.15) is 0 Å². The molecule has 0 aromatic carbocycles. The van der Waals surface area contributed by atoms with Crippen LogP contribution in [0.4, 0.5) is 4.32 Å². The third-order valence-electron chi connectivity index (χ3n) is 1.25. The molecule has 0 amide bonds. The molecule has 1 rings (SSSR count). The van der Waals surface area contributed by atoms with Gasteiger partial charge in [0.15, 0.2) is 5.90 Å². The highest BCUT2D eigenvalue weighted by Gasteiger charge is 2.04. The molecule has 0 saturated carbocycles. The van der Waals surface area contributed by atoms with E-state index < -0.39 is 7.40 Å². The summed E-state index contributed by atoms with van der Waals surface area (Å²) in [4.78, 5) is 4.19. The Bertz CT molecular complexity index is 171. The number of aliphatic imine (C=N–C) groups is 1. The number of thioether (sulfide) groups is 1. The van der Waals surface area contributed by atoms with Gasteiger partial charge in [0.25, 0.3) is 0 Å². The fraction of sp³-hybridized carbons (Fsp3) is 0.857. The van der Waals surface area contributed by atoms with E-state index in [-0.39, 0.29) is 0 Å². The molecule has 1 aliphatic heterocycles. The van der Waals surface area contributed by atoms with Crippen molar-refractivity contribution in [2.24, 2.45) is 4.99 Å². The molecule has 4 nitrogen and oxygen atoms in total. The minimum absolute atomic E-state index is 0.749. The second-order valence-electron chi connectivity index (χ2n) is 2.29. The third kappa shape index (κ3) is 8.34. The number of rotatable bonds is 2. The van der Waals surface area contributed by atoms with Crippen molar-refractivity contribution in [1.82, 2.24) is 0 Å². The second kappa shape index (κ2) is 9.30. The first-order chi connectivity index (χ1) is 6.70. The van der Waals surface area contributed by atoms with E-state index in [9.17, 15) is 4.32 Å². The first-order valence-electron chi connectivity index (χ1n) is 4.29. The van der Waals surface area contributed by atoms with Crippen molar-refractivity contribution >= 4 is 25.1 Å². The molecule has 0 saturated heterocycles. The van der Waals surface area contributed by atoms with E-state index in [1.165, 1.54) is 0 Å². The average Bonchev–Trinajstić information content (AvgIpc) is 2.21. The maximum Gasteiger partial charge on any atom is 0.677 e. The van der Waals surface area contributed by atoms with Gasteiger partial charge in [-0.25, -0.2) is 0 Å². The van der Waals surface area contributed by atoms with Crippen LogP contribution in [-0.4, -0.2) is 50.1 Å². The van der Waals surface area contributed by atoms with E-state index in [1.54, 1.807) is 0 Å². The maximum atomic E-state index is 10.8. The zero-order valence-corrected chi connectivity index (χ0v) is 9.22. The molecular formula is C7H15BFNO3S. The van der Waals surface area contributed by atoms with Gasteiger partial charge in [-0.1, -0.05) is 0 Å². The highest BCUT2D eigenvalue weighted by atomic mass is 32.2. The van der Waals surface area contributed by atoms with Crippen LogP contribution in [0.5, 0.6) is 0 Å². The minimum atomic E-state index is -2.12. The number of hydrogen-bond acceptors (Lipinski definition) is 5. The molecule has 0 atom stereocenters. The molecule has 7 heteroatoms. The Morgan fingerprint density at radius 1 is 1.71 bits per heavy atom. The zero-order valence-electron chi connectivity index (χ0n) is 8.40. The highest BCUT2D eigenvalue weighted by molar-refractivity contribution is 8.00. The van der Waals surface area contributed by atoms with Gasteiger partial charge < -0.3 is 14.4 Å². The number of hydrogen-bond donors (Lipinski definition) is 1. The summed E-state index contributed by atoms with van der Waals surface area (Å²) >= 11 is 1.89. The summed E-state index contributed by atoms with van der Waals surface area (Å²) in [6.45, 7) is 3.67. The Morgan fingerprint density at radius 3 is 2.71 bits per heavy atom. The molecule has 1 heterocycles. The van der Waals surface area contributed by atoms with Crippen molar-refractivity contribution in [2.45, 2.75) is 6.92 Å². The van der Waals surface area contributed by atoms with Gasteiger partial charge in [-0.2, -0.15) is 11.8 Å². The first kappa shape index (κ1) is 13.7. The molecule has 0 radical (unpaired) electrons. The van der Waals surface area contributed by atoms with Crippen LogP contribution in [0.2, 0.25) is 0 Å². The predicted octanol–water partition coefficient (Wildman–Crippen LogP) is 0.748. The summed E-state index contributed by atoms with van der Waals surface area (Å²) in [6, 6.07) is 0. The predicted molar refractivity (Wildman–Crippen MR) is 57.3 cm³/mol. The summed E-state index contributed by atoms with van der Waals surface area (Å²) in [7, 11) is -1.04. The van der Waals surface area contributed by atoms with E-state index in [4.69, 9.17) is 9.76 Å². The van der Waals surface area contributed by atoms with E-state index >= 15 is 0 Å². The van der Waals surface area contributed by atoms with E-state index in [2.05, 4.69) is 9.65 Å². The Morgan fingerprint density at radius 2 is 2.36 bits per heavy atom. The molecule has 0 fully saturated rings. The standard InChI is InChI=1S/C6H11NOS.CH4BFO2/c1-2-8-6-5-9-4-3-7-6;1-5-2(3)4/h2-5H2,1H3;4H,1H3. The monoisotopic (exact) mass is 223 g/mol. The van der Waals surface area contributed by atoms with Gasteiger partial charge in [0, 0.05) is 12.9 Å². The summed E-state index contributed by atoms with van der Waals surface area (Å²) in [5.41, 5.74) is 0. The van der Waals surface area contributed by atoms with Gasteiger partial charge in [0.2, 0.25) is 0 Å². The van der Waals surface area contributed by atoms with Gasteiger partial charge in [-0.05, 0) is 6.92 Å². The summed E-state index contributed by atoms with van der Waals surface area (Å²) < 4.78 is 19.6. The molecule has 0 aromatic heterocycles. The lowest BCUT2D eigenvalue weighted by atomic mass is 10.3. The van der Waals surface area contributed by atoms with Crippen molar-refractivity contribution in [3.63, 3.8) is 0 Å². The lowest BCUT2D eigenvalue weighted by molar-refractivity contribution is 0.276. The quantitative estimate of drug-likeness (QED) is 0.701. The lowest BCUT2D eigenvalue weighted by Gasteiger charge is -2.10. The minimum Gasteiger partial charge on any atom is -0.481 e. The number of nitrogens with zero attached hydrogens (tertiary/aromatic N) is 1. The Balaban J connectivity index is 0.000000292. The van der Waals surface area contributed by atoms with Crippen LogP contribution in [0.25, 0.3) is 0 Å². The molecule has 0 bridgehead atoms. The Hall–Kier alpha value is -0.265. The van der Waals surface area contributed by atoms with Gasteiger partial charge in [0.05, 0.1) is 18.9 Å². The summed E-state index contributed by atoms with van der Waals surface area (Å²) in [5, 5.41) is 7.47. The van der Waals surface area contributed by atoms with E-state index in [0.29, 0.717) is 0 Å². The van der Waals surface area contributed by atoms with Crippen LogP contribution in [0, 0.1) is 0 Å². The first-order valence-corrected chi connectivity index (χ1v) is 5.45. The topological polar surface area (TPSA) is 51.0 Å². The second-order valence-corrected chi connectivity index (χ2v) is 3.39. The SMILES string of the molecule is CCOC1=NCCSC1.COB(O)F.